The molecule has 20 heteroatoms. The lowest BCUT2D eigenvalue weighted by atomic mass is 9.84. The van der Waals surface area contributed by atoms with Gasteiger partial charge in [-0.05, 0) is 431 Å². The molecule has 0 amide bonds. The molecular formula is C123H127Br4Cl4O11P. The van der Waals surface area contributed by atoms with Crippen LogP contribution in [0.2, 0.25) is 5.02 Å². The molecule has 15 aliphatic rings. The summed E-state index contributed by atoms with van der Waals surface area (Å²) < 4.78 is 64.9. The van der Waals surface area contributed by atoms with Crippen molar-refractivity contribution in [3.63, 3.8) is 0 Å². The first-order valence-electron chi connectivity index (χ1n) is 48.6. The second-order valence-electron chi connectivity index (χ2n) is 37.4. The average molecular weight is 2270 g/mol. The molecular weight excluding hydrogens is 2150 g/mol. The molecule has 746 valence electrons. The van der Waals surface area contributed by atoms with Crippen molar-refractivity contribution in [3.8, 4) is 148 Å². The SMILES string of the molecule is Brc1ccc2cc(-c3cc4ccc(Br)ccc-4c3)cc-2cc1.C.C#Cc1ccc(OCCCCCCOCC2(C)COC2)cc1.CCC1(COCCCCCCOc2ccc(C#Cc3ccc4cc(-c5cc6ccc(C#Cc7ccc(OCCCCCCOCC8(C)COC8)cc7)ccc-6c5)cc-4cc3)cc2)COC1.Cc1c2ccc(Br)ccc-2c(C)c1Cl.Cc1c2ccc(Br)ccc-2c(C)c1O.O=P(Cl)(Cl)Cl. The number of terminal acetylenes is 1. The molecule has 3 aromatic rings. The Morgan fingerprint density at radius 2 is 0.566 bits per heavy atom. The minimum atomic E-state index is -3.22. The van der Waals surface area contributed by atoms with E-state index in [-0.39, 0.29) is 23.7 Å². The van der Waals surface area contributed by atoms with E-state index >= 15 is 0 Å². The zero-order valence-corrected chi connectivity index (χ0v) is 92.0. The Kier molecular flexibility index (Phi) is 44.2. The summed E-state index contributed by atoms with van der Waals surface area (Å²) >= 11 is 34.0. The highest BCUT2D eigenvalue weighted by Crippen LogP contribution is 2.61. The van der Waals surface area contributed by atoms with Crippen LogP contribution in [0, 0.1) is 80.0 Å². The van der Waals surface area contributed by atoms with Crippen LogP contribution in [0.5, 0.6) is 23.0 Å². The molecule has 0 spiro atoms. The van der Waals surface area contributed by atoms with Crippen LogP contribution in [0.15, 0.2) is 285 Å². The van der Waals surface area contributed by atoms with Gasteiger partial charge in [0.15, 0.2) is 0 Å². The predicted molar refractivity (Wildman–Crippen MR) is 610 cm³/mol. The highest BCUT2D eigenvalue weighted by molar-refractivity contribution is 9.11. The quantitative estimate of drug-likeness (QED) is 0.0240. The predicted octanol–water partition coefficient (Wildman–Crippen LogP) is 35.6. The number of hydrogen-bond acceptors (Lipinski definition) is 11. The summed E-state index contributed by atoms with van der Waals surface area (Å²) in [6.45, 7) is 26.9. The van der Waals surface area contributed by atoms with Gasteiger partial charge in [0.05, 0.1) is 79.3 Å². The minimum absolute atomic E-state index is 0. The van der Waals surface area contributed by atoms with E-state index in [4.69, 9.17) is 60.7 Å². The largest absolute Gasteiger partial charge is 0.507 e. The third-order valence-corrected chi connectivity index (χ3v) is 28.3. The van der Waals surface area contributed by atoms with Crippen LogP contribution < -0.4 is 14.2 Å². The van der Waals surface area contributed by atoms with Crippen molar-refractivity contribution >= 4 is 114 Å². The van der Waals surface area contributed by atoms with Gasteiger partial charge in [-0.25, -0.2) is 0 Å². The first kappa shape index (κ1) is 113. The minimum Gasteiger partial charge on any atom is -0.507 e. The third-order valence-electron chi connectivity index (χ3n) is 25.6. The molecule has 0 saturated carbocycles. The van der Waals surface area contributed by atoms with Gasteiger partial charge in [0, 0.05) is 86.8 Å². The fourth-order valence-corrected chi connectivity index (χ4v) is 18.1. The van der Waals surface area contributed by atoms with Crippen LogP contribution in [0.4, 0.5) is 0 Å². The van der Waals surface area contributed by atoms with Crippen molar-refractivity contribution < 1.29 is 52.3 Å². The van der Waals surface area contributed by atoms with E-state index in [0.717, 1.165) is 260 Å². The molecule has 0 aromatic heterocycles. The number of fused-ring (bicyclic) bond motifs is 6. The molecule has 0 unspecified atom stereocenters. The van der Waals surface area contributed by atoms with Crippen LogP contribution in [0.25, 0.3) is 89.0 Å². The van der Waals surface area contributed by atoms with Crippen LogP contribution in [0.3, 0.4) is 0 Å². The lowest BCUT2D eigenvalue weighted by Gasteiger charge is -2.40. The highest BCUT2D eigenvalue weighted by atomic mass is 79.9. The van der Waals surface area contributed by atoms with E-state index in [1.54, 1.807) is 0 Å². The molecule has 0 radical (unpaired) electrons. The van der Waals surface area contributed by atoms with E-state index in [1.807, 2.05) is 123 Å². The number of unbranched alkanes of at least 4 members (excludes halogenated alkanes) is 9. The van der Waals surface area contributed by atoms with Crippen LogP contribution in [-0.4, -0.2) is 104 Å². The lowest BCUT2D eigenvalue weighted by molar-refractivity contribution is -0.150. The standard InChI is InChI=1S/C59H64O6.C20H12Br2.C19H26O3.C12H10BrCl.C12H11BrO.CH4.Cl3OP/c1-3-59(44-63-45-59)43-61-33-9-5-7-11-35-65-57-30-22-49(23-31-57)15-13-47-18-26-52-38-55(39-53(52)27-19-47)54-36-50-24-16-46(17-25-51(50)37-54)12-14-48-20-28-56(29-21-48)64-34-10-6-4-8-32-60-40-58(2)41-62-42-58;21-19-5-1-13-9-17(10-14(13)2-6-19)18-11-15-3-7-20(22)8-4-16(15)12-18;1-3-17-8-10-18(11-9-17)22-13-7-5-4-6-12-20-14-19(2)15-21-16-19;2*1-7-10-5-3-9(13)4-6-11(10)8(2)12(7)14;;1-5(2,3)4/h16-31,36-39H,3-11,32-35,40-45H2,1-2H3;1-12H;1,8-11H,4-7,12-16H2,2H3;3-6H,1-2H3;3-6,14H,1-2H3;1H4;. The van der Waals surface area contributed by atoms with E-state index in [1.165, 1.54) is 102 Å². The van der Waals surface area contributed by atoms with Crippen molar-refractivity contribution in [1.29, 1.82) is 0 Å². The summed E-state index contributed by atoms with van der Waals surface area (Å²) in [5, 5.41) is 7.44. The summed E-state index contributed by atoms with van der Waals surface area (Å²) in [4.78, 5) is 0. The van der Waals surface area contributed by atoms with Crippen molar-refractivity contribution in [2.24, 2.45) is 16.2 Å². The molecule has 11 nitrogen and oxygen atoms in total. The van der Waals surface area contributed by atoms with E-state index in [9.17, 15) is 9.67 Å². The van der Waals surface area contributed by atoms with Gasteiger partial charge in [0.25, 0.3) is 0 Å². The molecule has 18 rings (SSSR count). The third kappa shape index (κ3) is 35.0. The van der Waals surface area contributed by atoms with Gasteiger partial charge in [-0.3, -0.25) is 4.57 Å². The number of hydrogen-bond donors (Lipinski definition) is 1. The Morgan fingerprint density at radius 3 is 0.811 bits per heavy atom. The number of ether oxygens (including phenoxy) is 9. The molecule has 3 fully saturated rings. The summed E-state index contributed by atoms with van der Waals surface area (Å²) in [7, 11) is 0. The molecule has 3 aromatic carbocycles. The number of aromatic hydroxyl groups is 1. The normalized spacial score (nSPS) is 13.4. The lowest BCUT2D eigenvalue weighted by Crippen LogP contribution is -2.45. The van der Waals surface area contributed by atoms with E-state index in [2.05, 4.69) is 319 Å². The van der Waals surface area contributed by atoms with Gasteiger partial charge in [0.2, 0.25) is 0 Å². The Morgan fingerprint density at radius 1 is 0.336 bits per heavy atom. The molecule has 3 aliphatic heterocycles. The highest BCUT2D eigenvalue weighted by Gasteiger charge is 2.37. The zero-order valence-electron chi connectivity index (χ0n) is 81.8. The Labute approximate surface area is 901 Å². The molecule has 0 atom stereocenters. The second-order valence-corrected chi connectivity index (χ2v) is 48.1. The maximum atomic E-state index is 9.77. The van der Waals surface area contributed by atoms with Gasteiger partial charge in [-0.2, -0.15) is 0 Å². The van der Waals surface area contributed by atoms with Crippen LogP contribution in [0.1, 0.15) is 162 Å². The summed E-state index contributed by atoms with van der Waals surface area (Å²) in [6.07, 6.45) is 19.9. The molecule has 0 bridgehead atoms. The molecule has 1 N–H and O–H groups in total. The molecule has 3 saturated heterocycles. The van der Waals surface area contributed by atoms with Crippen molar-refractivity contribution in [2.75, 3.05) is 99.1 Å². The summed E-state index contributed by atoms with van der Waals surface area (Å²) in [5.74, 6) is 19.0. The van der Waals surface area contributed by atoms with Gasteiger partial charge in [0.1, 0.15) is 23.0 Å². The Balaban J connectivity index is 0.000000187. The van der Waals surface area contributed by atoms with Crippen LogP contribution >= 0.6 is 114 Å². The molecule has 12 aliphatic carbocycles. The Hall–Kier alpha value is -9.19. The van der Waals surface area contributed by atoms with Crippen molar-refractivity contribution in [1.82, 2.24) is 0 Å². The fraction of sp³-hybridized carbons (Fsp3) is 0.317. The van der Waals surface area contributed by atoms with Crippen molar-refractivity contribution in [2.45, 2.75) is 139 Å². The fourth-order valence-electron chi connectivity index (χ4n) is 16.8. The monoisotopic (exact) mass is 2270 g/mol. The zero-order chi connectivity index (χ0) is 100. The first-order valence-corrected chi connectivity index (χ1v) is 56.6. The number of rotatable bonds is 33. The molecule has 3 heterocycles. The maximum Gasteiger partial charge on any atom is 0.339 e. The maximum absolute atomic E-state index is 9.77. The summed E-state index contributed by atoms with van der Waals surface area (Å²) in [5.41, 5.74) is 29.3. The Bertz CT molecular complexity index is 6210. The van der Waals surface area contributed by atoms with Gasteiger partial charge < -0.3 is 47.7 Å². The van der Waals surface area contributed by atoms with Gasteiger partial charge in [-0.1, -0.05) is 225 Å². The number of benzene rings is 3. The topological polar surface area (TPSA) is 120 Å². The van der Waals surface area contributed by atoms with Gasteiger partial charge in [-0.15, -0.1) is 6.42 Å². The van der Waals surface area contributed by atoms with E-state index < -0.39 is 5.20 Å². The average Bonchev–Trinajstić information content (AvgIpc) is 1.66. The molecule has 143 heavy (non-hydrogen) atoms. The summed E-state index contributed by atoms with van der Waals surface area (Å²) in [6, 6.07) is 92.3. The smallest absolute Gasteiger partial charge is 0.339 e. The van der Waals surface area contributed by atoms with Gasteiger partial charge >= 0.3 is 5.20 Å². The first-order chi connectivity index (χ1) is 68.6. The van der Waals surface area contributed by atoms with E-state index in [0.29, 0.717) is 5.75 Å². The second kappa shape index (κ2) is 56.1. The number of halogens is 8. The van der Waals surface area contributed by atoms with Crippen LogP contribution in [-0.2, 0) is 33.0 Å². The van der Waals surface area contributed by atoms with Crippen molar-refractivity contribution in [3.05, 3.63) is 340 Å².